The van der Waals surface area contributed by atoms with Crippen LogP contribution in [0.4, 0.5) is 0 Å². The summed E-state index contributed by atoms with van der Waals surface area (Å²) in [4.78, 5) is 25.4. The molecule has 0 aliphatic carbocycles. The number of nitrogens with one attached hydrogen (secondary N) is 1. The van der Waals surface area contributed by atoms with E-state index >= 15 is 0 Å². The van der Waals surface area contributed by atoms with Gasteiger partial charge in [-0.2, -0.15) is 0 Å². The minimum absolute atomic E-state index is 0.0281. The first kappa shape index (κ1) is 16.9. The number of amides is 2. The maximum absolute atomic E-state index is 12.2. The Bertz CT molecular complexity index is 326. The van der Waals surface area contributed by atoms with E-state index in [1.807, 2.05) is 4.90 Å². The van der Waals surface area contributed by atoms with Gasteiger partial charge in [-0.15, -0.1) is 0 Å². The highest BCUT2D eigenvalue weighted by molar-refractivity contribution is 5.82. The van der Waals surface area contributed by atoms with Crippen LogP contribution in [-0.2, 0) is 14.3 Å². The molecule has 1 saturated heterocycles. The molecule has 1 aliphatic rings. The molecule has 0 aromatic heterocycles. The zero-order valence-electron chi connectivity index (χ0n) is 12.7. The molecule has 6 nitrogen and oxygen atoms in total. The predicted molar refractivity (Wildman–Crippen MR) is 77.1 cm³/mol. The van der Waals surface area contributed by atoms with Crippen LogP contribution in [0, 0.1) is 5.92 Å². The van der Waals surface area contributed by atoms with Crippen molar-refractivity contribution < 1.29 is 14.3 Å². The molecular weight excluding hydrogens is 258 g/mol. The fourth-order valence-electron chi connectivity index (χ4n) is 2.49. The summed E-state index contributed by atoms with van der Waals surface area (Å²) in [5, 5.41) is 2.91. The third-order valence-electron chi connectivity index (χ3n) is 3.49. The summed E-state index contributed by atoms with van der Waals surface area (Å²) in [6.07, 6.45) is 2.26. The fourth-order valence-corrected chi connectivity index (χ4v) is 2.49. The second kappa shape index (κ2) is 8.21. The molecule has 0 unspecified atom stereocenters. The number of hydrogen-bond donors (Lipinski definition) is 2. The third-order valence-corrected chi connectivity index (χ3v) is 3.49. The molecule has 1 aliphatic heterocycles. The predicted octanol–water partition coefficient (Wildman–Crippen LogP) is 0.113. The number of hydrogen-bond acceptors (Lipinski definition) is 4. The SMILES string of the molecule is COCC(=O)NC1CCN(C(=O)[C@H](N)CC(C)C)CC1. The molecule has 1 fully saturated rings. The summed E-state index contributed by atoms with van der Waals surface area (Å²) in [5.41, 5.74) is 5.93. The first-order chi connectivity index (χ1) is 9.43. The van der Waals surface area contributed by atoms with Crippen molar-refractivity contribution in [2.24, 2.45) is 11.7 Å². The van der Waals surface area contributed by atoms with E-state index in [4.69, 9.17) is 10.5 Å². The average Bonchev–Trinajstić information content (AvgIpc) is 2.38. The van der Waals surface area contributed by atoms with E-state index < -0.39 is 6.04 Å². The lowest BCUT2D eigenvalue weighted by molar-refractivity contribution is -0.134. The molecule has 0 spiro atoms. The van der Waals surface area contributed by atoms with Crippen molar-refractivity contribution in [1.29, 1.82) is 0 Å². The number of piperidine rings is 1. The van der Waals surface area contributed by atoms with Crippen LogP contribution in [0.25, 0.3) is 0 Å². The van der Waals surface area contributed by atoms with Gasteiger partial charge in [0.1, 0.15) is 6.61 Å². The van der Waals surface area contributed by atoms with E-state index in [0.717, 1.165) is 12.8 Å². The molecule has 0 bridgehead atoms. The Morgan fingerprint density at radius 3 is 2.45 bits per heavy atom. The van der Waals surface area contributed by atoms with E-state index in [9.17, 15) is 9.59 Å². The largest absolute Gasteiger partial charge is 0.375 e. The van der Waals surface area contributed by atoms with E-state index in [1.54, 1.807) is 0 Å². The van der Waals surface area contributed by atoms with Crippen LogP contribution in [0.1, 0.15) is 33.1 Å². The van der Waals surface area contributed by atoms with Gasteiger partial charge in [0.25, 0.3) is 0 Å². The average molecular weight is 285 g/mol. The maximum atomic E-state index is 12.2. The van der Waals surface area contributed by atoms with Crippen LogP contribution in [-0.4, -0.2) is 55.6 Å². The van der Waals surface area contributed by atoms with Crippen LogP contribution in [0.15, 0.2) is 0 Å². The van der Waals surface area contributed by atoms with Crippen LogP contribution < -0.4 is 11.1 Å². The fraction of sp³-hybridized carbons (Fsp3) is 0.857. The van der Waals surface area contributed by atoms with Crippen molar-refractivity contribution in [1.82, 2.24) is 10.2 Å². The van der Waals surface area contributed by atoms with Crippen LogP contribution in [0.3, 0.4) is 0 Å². The molecule has 1 atom stereocenters. The van der Waals surface area contributed by atoms with Gasteiger partial charge < -0.3 is 20.7 Å². The highest BCUT2D eigenvalue weighted by atomic mass is 16.5. The Morgan fingerprint density at radius 2 is 1.95 bits per heavy atom. The molecule has 0 saturated carbocycles. The van der Waals surface area contributed by atoms with Gasteiger partial charge in [-0.05, 0) is 25.2 Å². The summed E-state index contributed by atoms with van der Waals surface area (Å²) in [7, 11) is 1.50. The lowest BCUT2D eigenvalue weighted by atomic mass is 10.0. The lowest BCUT2D eigenvalue weighted by Gasteiger charge is -2.34. The van der Waals surface area contributed by atoms with Crippen molar-refractivity contribution in [2.45, 2.75) is 45.2 Å². The normalized spacial score (nSPS) is 18.1. The third kappa shape index (κ3) is 5.46. The summed E-state index contributed by atoms with van der Waals surface area (Å²) in [6.45, 7) is 5.51. The number of carbonyl (C=O) groups is 2. The minimum atomic E-state index is -0.408. The molecule has 6 heteroatoms. The highest BCUT2D eigenvalue weighted by Crippen LogP contribution is 2.13. The van der Waals surface area contributed by atoms with Gasteiger partial charge in [0.05, 0.1) is 6.04 Å². The molecule has 1 heterocycles. The van der Waals surface area contributed by atoms with Gasteiger partial charge in [-0.3, -0.25) is 9.59 Å². The van der Waals surface area contributed by atoms with Crippen LogP contribution >= 0.6 is 0 Å². The quantitative estimate of drug-likeness (QED) is 0.725. The molecule has 1 rings (SSSR count). The number of likely N-dealkylation sites (tertiary alicyclic amines) is 1. The van der Waals surface area contributed by atoms with Gasteiger partial charge in [0.2, 0.25) is 11.8 Å². The molecule has 3 N–H and O–H groups in total. The van der Waals surface area contributed by atoms with Gasteiger partial charge in [-0.25, -0.2) is 0 Å². The molecule has 20 heavy (non-hydrogen) atoms. The van der Waals surface area contributed by atoms with Gasteiger partial charge in [0.15, 0.2) is 0 Å². The Hall–Kier alpha value is -1.14. The van der Waals surface area contributed by atoms with Gasteiger partial charge >= 0.3 is 0 Å². The van der Waals surface area contributed by atoms with Crippen molar-refractivity contribution in [3.05, 3.63) is 0 Å². The van der Waals surface area contributed by atoms with E-state index in [-0.39, 0.29) is 24.5 Å². The van der Waals surface area contributed by atoms with Crippen LogP contribution in [0.2, 0.25) is 0 Å². The Balaban J connectivity index is 2.34. The second-order valence-corrected chi connectivity index (χ2v) is 5.84. The standard InChI is InChI=1S/C14H27N3O3/c1-10(2)8-12(15)14(19)17-6-4-11(5-7-17)16-13(18)9-20-3/h10-12H,4-9,15H2,1-3H3,(H,16,18)/t12-/m1/s1. The maximum Gasteiger partial charge on any atom is 0.246 e. The number of ether oxygens (including phenoxy) is 1. The number of nitrogens with zero attached hydrogens (tertiary/aromatic N) is 1. The van der Waals surface area contributed by atoms with E-state index in [1.165, 1.54) is 7.11 Å². The highest BCUT2D eigenvalue weighted by Gasteiger charge is 2.27. The number of methoxy groups -OCH3 is 1. The summed E-state index contributed by atoms with van der Waals surface area (Å²) in [5.74, 6) is 0.342. The molecule has 0 radical (unpaired) electrons. The summed E-state index contributed by atoms with van der Waals surface area (Å²) >= 11 is 0. The minimum Gasteiger partial charge on any atom is -0.375 e. The van der Waals surface area contributed by atoms with Crippen molar-refractivity contribution >= 4 is 11.8 Å². The van der Waals surface area contributed by atoms with Crippen molar-refractivity contribution in [2.75, 3.05) is 26.8 Å². The second-order valence-electron chi connectivity index (χ2n) is 5.84. The van der Waals surface area contributed by atoms with E-state index in [2.05, 4.69) is 19.2 Å². The first-order valence-electron chi connectivity index (χ1n) is 7.26. The zero-order chi connectivity index (χ0) is 15.1. The lowest BCUT2D eigenvalue weighted by Crippen LogP contribution is -2.51. The summed E-state index contributed by atoms with van der Waals surface area (Å²) < 4.78 is 4.78. The Labute approximate surface area is 121 Å². The van der Waals surface area contributed by atoms with Gasteiger partial charge in [0, 0.05) is 26.2 Å². The molecule has 2 amide bonds. The topological polar surface area (TPSA) is 84.7 Å². The molecule has 0 aromatic rings. The molecular formula is C14H27N3O3. The van der Waals surface area contributed by atoms with Crippen molar-refractivity contribution in [3.8, 4) is 0 Å². The monoisotopic (exact) mass is 285 g/mol. The number of carbonyl (C=O) groups excluding carboxylic acids is 2. The van der Waals surface area contributed by atoms with Gasteiger partial charge in [-0.1, -0.05) is 13.8 Å². The van der Waals surface area contributed by atoms with Crippen molar-refractivity contribution in [3.63, 3.8) is 0 Å². The smallest absolute Gasteiger partial charge is 0.246 e. The first-order valence-corrected chi connectivity index (χ1v) is 7.26. The molecule has 0 aromatic carbocycles. The molecule has 116 valence electrons. The Morgan fingerprint density at radius 1 is 1.35 bits per heavy atom. The Kier molecular flexibility index (Phi) is 6.95. The summed E-state index contributed by atoms with van der Waals surface area (Å²) in [6, 6.07) is -0.280. The zero-order valence-corrected chi connectivity index (χ0v) is 12.7. The number of rotatable bonds is 6. The van der Waals surface area contributed by atoms with Crippen LogP contribution in [0.5, 0.6) is 0 Å². The van der Waals surface area contributed by atoms with E-state index in [0.29, 0.717) is 25.4 Å². The number of nitrogens with two attached hydrogens (primary N) is 1.